The summed E-state index contributed by atoms with van der Waals surface area (Å²) in [5.74, 6) is 0.885. The summed E-state index contributed by atoms with van der Waals surface area (Å²) in [5, 5.41) is 3.33. The van der Waals surface area contributed by atoms with Crippen LogP contribution >= 0.6 is 15.9 Å². The van der Waals surface area contributed by atoms with Crippen LogP contribution in [-0.2, 0) is 0 Å². The van der Waals surface area contributed by atoms with E-state index >= 15 is 0 Å². The number of hydrogen-bond acceptors (Lipinski definition) is 2. The van der Waals surface area contributed by atoms with Gasteiger partial charge in [-0.15, -0.1) is 0 Å². The molecule has 2 aromatic carbocycles. The maximum absolute atomic E-state index is 5.73. The van der Waals surface area contributed by atoms with E-state index in [1.807, 2.05) is 12.1 Å². The van der Waals surface area contributed by atoms with Crippen LogP contribution in [-0.4, -0.2) is 13.2 Å². The van der Waals surface area contributed by atoms with Crippen molar-refractivity contribution in [3.8, 4) is 5.75 Å². The molecule has 0 saturated carbocycles. The van der Waals surface area contributed by atoms with Gasteiger partial charge in [0.05, 0.1) is 4.47 Å². The van der Waals surface area contributed by atoms with Crippen LogP contribution < -0.4 is 10.1 Å². The molecule has 0 bridgehead atoms. The second kappa shape index (κ2) is 6.62. The van der Waals surface area contributed by atoms with Crippen molar-refractivity contribution in [1.29, 1.82) is 0 Å². The molecule has 0 aliphatic carbocycles. The molecule has 0 aliphatic heterocycles. The zero-order valence-corrected chi connectivity index (χ0v) is 12.8. The maximum atomic E-state index is 5.73. The van der Waals surface area contributed by atoms with E-state index in [0.717, 1.165) is 22.5 Å². The van der Waals surface area contributed by atoms with Gasteiger partial charge in [-0.3, -0.25) is 0 Å². The smallest absolute Gasteiger partial charge is 0.133 e. The highest BCUT2D eigenvalue weighted by atomic mass is 79.9. The van der Waals surface area contributed by atoms with E-state index in [-0.39, 0.29) is 0 Å². The van der Waals surface area contributed by atoms with Crippen LogP contribution in [0.25, 0.3) is 0 Å². The third-order valence-corrected chi connectivity index (χ3v) is 3.45. The zero-order valence-electron chi connectivity index (χ0n) is 11.2. The lowest BCUT2D eigenvalue weighted by molar-refractivity contribution is 0.331. The van der Waals surface area contributed by atoms with Crippen LogP contribution in [0.3, 0.4) is 0 Å². The number of anilines is 1. The van der Waals surface area contributed by atoms with Gasteiger partial charge in [0.25, 0.3) is 0 Å². The Hall–Kier alpha value is -1.48. The van der Waals surface area contributed by atoms with Crippen LogP contribution in [0.1, 0.15) is 11.1 Å². The van der Waals surface area contributed by atoms with E-state index in [2.05, 4.69) is 65.4 Å². The minimum Gasteiger partial charge on any atom is -0.491 e. The van der Waals surface area contributed by atoms with Crippen molar-refractivity contribution in [1.82, 2.24) is 0 Å². The lowest BCUT2D eigenvalue weighted by atomic mass is 10.2. The van der Waals surface area contributed by atoms with Gasteiger partial charge in [0.1, 0.15) is 12.4 Å². The molecule has 0 atom stereocenters. The number of halogens is 1. The van der Waals surface area contributed by atoms with Gasteiger partial charge < -0.3 is 10.1 Å². The second-order valence-electron chi connectivity index (χ2n) is 4.58. The molecule has 0 aromatic heterocycles. The molecule has 0 aliphatic rings. The number of rotatable bonds is 5. The number of benzene rings is 2. The third-order valence-electron chi connectivity index (χ3n) is 2.83. The quantitative estimate of drug-likeness (QED) is 0.816. The molecule has 2 nitrogen and oxygen atoms in total. The first-order chi connectivity index (χ1) is 9.15. The summed E-state index contributed by atoms with van der Waals surface area (Å²) in [5.41, 5.74) is 3.61. The second-order valence-corrected chi connectivity index (χ2v) is 5.43. The SMILES string of the molecule is Cc1ccc(NCCOc2ccc(C)cc2Br)cc1. The summed E-state index contributed by atoms with van der Waals surface area (Å²) < 4.78 is 6.73. The van der Waals surface area contributed by atoms with Gasteiger partial charge in [0.15, 0.2) is 0 Å². The normalized spacial score (nSPS) is 10.3. The lowest BCUT2D eigenvalue weighted by Gasteiger charge is -2.10. The van der Waals surface area contributed by atoms with Crippen molar-refractivity contribution in [2.45, 2.75) is 13.8 Å². The summed E-state index contributed by atoms with van der Waals surface area (Å²) in [6.07, 6.45) is 0. The highest BCUT2D eigenvalue weighted by Crippen LogP contribution is 2.25. The predicted octanol–water partition coefficient (Wildman–Crippen LogP) is 4.56. The largest absolute Gasteiger partial charge is 0.491 e. The number of nitrogens with one attached hydrogen (secondary N) is 1. The molecule has 0 saturated heterocycles. The first-order valence-corrected chi connectivity index (χ1v) is 7.14. The van der Waals surface area contributed by atoms with Crippen molar-refractivity contribution >= 4 is 21.6 Å². The molecular weight excluding hydrogens is 302 g/mol. The average Bonchev–Trinajstić information content (AvgIpc) is 2.39. The Balaban J connectivity index is 1.79. The van der Waals surface area contributed by atoms with E-state index in [0.29, 0.717) is 6.61 Å². The Bertz CT molecular complexity index is 537. The summed E-state index contributed by atoms with van der Waals surface area (Å²) >= 11 is 3.51. The lowest BCUT2D eigenvalue weighted by Crippen LogP contribution is -2.11. The van der Waals surface area contributed by atoms with Crippen LogP contribution in [0.5, 0.6) is 5.75 Å². The molecule has 0 spiro atoms. The molecule has 0 amide bonds. The highest BCUT2D eigenvalue weighted by Gasteiger charge is 2.00. The third kappa shape index (κ3) is 4.28. The fraction of sp³-hybridized carbons (Fsp3) is 0.250. The van der Waals surface area contributed by atoms with E-state index in [1.54, 1.807) is 0 Å². The molecule has 100 valence electrons. The summed E-state index contributed by atoms with van der Waals surface area (Å²) in [6.45, 7) is 5.56. The monoisotopic (exact) mass is 319 g/mol. The van der Waals surface area contributed by atoms with E-state index in [4.69, 9.17) is 4.74 Å². The van der Waals surface area contributed by atoms with Crippen molar-refractivity contribution in [3.05, 3.63) is 58.1 Å². The minimum atomic E-state index is 0.634. The minimum absolute atomic E-state index is 0.634. The Morgan fingerprint density at radius 2 is 1.68 bits per heavy atom. The number of hydrogen-bond donors (Lipinski definition) is 1. The Morgan fingerprint density at radius 3 is 2.37 bits per heavy atom. The average molecular weight is 320 g/mol. The summed E-state index contributed by atoms with van der Waals surface area (Å²) in [4.78, 5) is 0. The zero-order chi connectivity index (χ0) is 13.7. The first-order valence-electron chi connectivity index (χ1n) is 6.34. The summed E-state index contributed by atoms with van der Waals surface area (Å²) in [7, 11) is 0. The van der Waals surface area contributed by atoms with Crippen molar-refractivity contribution in [2.75, 3.05) is 18.5 Å². The highest BCUT2D eigenvalue weighted by molar-refractivity contribution is 9.10. The van der Waals surface area contributed by atoms with Gasteiger partial charge in [-0.2, -0.15) is 0 Å². The topological polar surface area (TPSA) is 21.3 Å². The van der Waals surface area contributed by atoms with Gasteiger partial charge in [-0.1, -0.05) is 23.8 Å². The van der Waals surface area contributed by atoms with Crippen LogP contribution in [0.4, 0.5) is 5.69 Å². The van der Waals surface area contributed by atoms with E-state index in [1.165, 1.54) is 11.1 Å². The van der Waals surface area contributed by atoms with Crippen molar-refractivity contribution < 1.29 is 4.74 Å². The predicted molar refractivity (Wildman–Crippen MR) is 84.0 cm³/mol. The van der Waals surface area contributed by atoms with Gasteiger partial charge in [-0.25, -0.2) is 0 Å². The number of aryl methyl sites for hydroxylation is 2. The van der Waals surface area contributed by atoms with E-state index in [9.17, 15) is 0 Å². The van der Waals surface area contributed by atoms with Gasteiger partial charge >= 0.3 is 0 Å². The van der Waals surface area contributed by atoms with Crippen molar-refractivity contribution in [3.63, 3.8) is 0 Å². The number of ether oxygens (including phenoxy) is 1. The summed E-state index contributed by atoms with van der Waals surface area (Å²) in [6, 6.07) is 14.5. The molecule has 3 heteroatoms. The Morgan fingerprint density at radius 1 is 1.00 bits per heavy atom. The Labute approximate surface area is 122 Å². The molecule has 19 heavy (non-hydrogen) atoms. The van der Waals surface area contributed by atoms with Gasteiger partial charge in [0, 0.05) is 12.2 Å². The molecule has 0 fully saturated rings. The Kier molecular flexibility index (Phi) is 4.86. The van der Waals surface area contributed by atoms with Crippen LogP contribution in [0.15, 0.2) is 46.9 Å². The first kappa shape index (κ1) is 13.9. The molecular formula is C16H18BrNO. The van der Waals surface area contributed by atoms with E-state index < -0.39 is 0 Å². The van der Waals surface area contributed by atoms with Crippen LogP contribution in [0.2, 0.25) is 0 Å². The fourth-order valence-electron chi connectivity index (χ4n) is 1.75. The molecule has 0 unspecified atom stereocenters. The van der Waals surface area contributed by atoms with Crippen molar-refractivity contribution in [2.24, 2.45) is 0 Å². The molecule has 0 heterocycles. The molecule has 0 radical (unpaired) electrons. The maximum Gasteiger partial charge on any atom is 0.133 e. The molecule has 1 N–H and O–H groups in total. The van der Waals surface area contributed by atoms with Crippen LogP contribution in [0, 0.1) is 13.8 Å². The molecule has 2 rings (SSSR count). The van der Waals surface area contributed by atoms with Gasteiger partial charge in [-0.05, 0) is 59.6 Å². The molecule has 2 aromatic rings. The standard InChI is InChI=1S/C16H18BrNO/c1-12-3-6-14(7-4-12)18-9-10-19-16-8-5-13(2)11-15(16)17/h3-8,11,18H,9-10H2,1-2H3. The van der Waals surface area contributed by atoms with Gasteiger partial charge in [0.2, 0.25) is 0 Å². The fourth-order valence-corrected chi connectivity index (χ4v) is 2.36.